The summed E-state index contributed by atoms with van der Waals surface area (Å²) in [5.74, 6) is 0. The molecule has 1 aliphatic heterocycles. The molecule has 4 heteroatoms. The minimum atomic E-state index is -0.165. The Morgan fingerprint density at radius 2 is 1.72 bits per heavy atom. The number of urea groups is 1. The molecule has 0 aromatic heterocycles. The number of benzene rings is 2. The van der Waals surface area contributed by atoms with E-state index in [9.17, 15) is 4.79 Å². The molecule has 0 spiro atoms. The van der Waals surface area contributed by atoms with Gasteiger partial charge in [0.2, 0.25) is 0 Å². The van der Waals surface area contributed by atoms with Crippen molar-refractivity contribution >= 4 is 6.03 Å². The van der Waals surface area contributed by atoms with Gasteiger partial charge >= 0.3 is 6.03 Å². The minimum absolute atomic E-state index is 0.0671. The molecule has 2 aromatic rings. The molecule has 3 rings (SSSR count). The standard InChI is InChI=1S/C21H26N2O2/c1-16-9-11-18(12-10-16)19(17-7-5-4-6-8-17)22-20(24)23(3)13-21(2)14-25-15-21/h4-12,19H,13-15H2,1-3H3,(H,22,24)/t19-/m1/s1. The SMILES string of the molecule is Cc1ccc([C@H](NC(=O)N(C)CC2(C)COC2)c2ccccc2)cc1. The van der Waals surface area contributed by atoms with E-state index in [0.717, 1.165) is 11.1 Å². The zero-order chi connectivity index (χ0) is 17.9. The zero-order valence-corrected chi connectivity index (χ0v) is 15.2. The number of carbonyl (C=O) groups is 1. The van der Waals surface area contributed by atoms with E-state index in [-0.39, 0.29) is 17.5 Å². The predicted molar refractivity (Wildman–Crippen MR) is 99.6 cm³/mol. The van der Waals surface area contributed by atoms with Crippen LogP contribution in [0.5, 0.6) is 0 Å². The second-order valence-corrected chi connectivity index (χ2v) is 7.36. The van der Waals surface area contributed by atoms with E-state index in [1.807, 2.05) is 37.4 Å². The van der Waals surface area contributed by atoms with Crippen molar-refractivity contribution < 1.29 is 9.53 Å². The second kappa shape index (κ2) is 7.28. The van der Waals surface area contributed by atoms with Crippen molar-refractivity contribution in [3.05, 3.63) is 71.3 Å². The van der Waals surface area contributed by atoms with E-state index in [2.05, 4.69) is 43.4 Å². The number of amides is 2. The van der Waals surface area contributed by atoms with Gasteiger partial charge < -0.3 is 15.0 Å². The first-order valence-electron chi connectivity index (χ1n) is 8.68. The lowest BCUT2D eigenvalue weighted by Crippen LogP contribution is -2.51. The van der Waals surface area contributed by atoms with Gasteiger partial charge in [-0.2, -0.15) is 0 Å². The molecule has 1 aliphatic rings. The molecule has 1 N–H and O–H groups in total. The van der Waals surface area contributed by atoms with E-state index >= 15 is 0 Å². The van der Waals surface area contributed by atoms with Crippen LogP contribution in [0.25, 0.3) is 0 Å². The van der Waals surface area contributed by atoms with Crippen LogP contribution < -0.4 is 5.32 Å². The lowest BCUT2D eigenvalue weighted by atomic mass is 9.88. The van der Waals surface area contributed by atoms with Gasteiger partial charge in [0.05, 0.1) is 19.3 Å². The summed E-state index contributed by atoms with van der Waals surface area (Å²) >= 11 is 0. The fourth-order valence-electron chi connectivity index (χ4n) is 3.18. The highest BCUT2D eigenvalue weighted by atomic mass is 16.5. The van der Waals surface area contributed by atoms with Crippen LogP contribution in [0.4, 0.5) is 4.79 Å². The van der Waals surface area contributed by atoms with Crippen molar-refractivity contribution in [2.24, 2.45) is 5.41 Å². The van der Waals surface area contributed by atoms with Crippen LogP contribution in [-0.4, -0.2) is 37.7 Å². The van der Waals surface area contributed by atoms with Gasteiger partial charge in [0.25, 0.3) is 0 Å². The number of rotatable bonds is 5. The van der Waals surface area contributed by atoms with Gasteiger partial charge in [-0.15, -0.1) is 0 Å². The maximum absolute atomic E-state index is 12.8. The third-order valence-corrected chi connectivity index (χ3v) is 4.68. The van der Waals surface area contributed by atoms with Crippen LogP contribution in [0.3, 0.4) is 0 Å². The molecule has 4 nitrogen and oxygen atoms in total. The summed E-state index contributed by atoms with van der Waals surface area (Å²) in [6.45, 7) is 6.33. The summed E-state index contributed by atoms with van der Waals surface area (Å²) < 4.78 is 5.29. The molecule has 0 unspecified atom stereocenters. The average Bonchev–Trinajstić information content (AvgIpc) is 2.59. The molecule has 1 heterocycles. The molecule has 1 saturated heterocycles. The van der Waals surface area contributed by atoms with Gasteiger partial charge in [0.15, 0.2) is 0 Å². The normalized spacial score (nSPS) is 16.6. The number of carbonyl (C=O) groups excluding carboxylic acids is 1. The molecule has 0 bridgehead atoms. The molecule has 132 valence electrons. The largest absolute Gasteiger partial charge is 0.380 e. The Balaban J connectivity index is 1.77. The molecular formula is C21H26N2O2. The van der Waals surface area contributed by atoms with Gasteiger partial charge in [-0.25, -0.2) is 4.79 Å². The van der Waals surface area contributed by atoms with Crippen molar-refractivity contribution in [1.29, 1.82) is 0 Å². The number of hydrogen-bond acceptors (Lipinski definition) is 2. The van der Waals surface area contributed by atoms with Gasteiger partial charge in [0, 0.05) is 19.0 Å². The molecule has 25 heavy (non-hydrogen) atoms. The number of hydrogen-bond donors (Lipinski definition) is 1. The number of nitrogens with zero attached hydrogens (tertiary/aromatic N) is 1. The van der Waals surface area contributed by atoms with Crippen molar-refractivity contribution in [2.75, 3.05) is 26.8 Å². The van der Waals surface area contributed by atoms with Crippen molar-refractivity contribution in [3.8, 4) is 0 Å². The Morgan fingerprint density at radius 1 is 1.12 bits per heavy atom. The molecule has 0 aliphatic carbocycles. The molecule has 1 fully saturated rings. The van der Waals surface area contributed by atoms with E-state index < -0.39 is 0 Å². The Morgan fingerprint density at radius 3 is 2.28 bits per heavy atom. The minimum Gasteiger partial charge on any atom is -0.380 e. The quantitative estimate of drug-likeness (QED) is 0.902. The lowest BCUT2D eigenvalue weighted by Gasteiger charge is -2.41. The van der Waals surface area contributed by atoms with Crippen LogP contribution in [0.1, 0.15) is 29.7 Å². The first-order valence-corrected chi connectivity index (χ1v) is 8.68. The van der Waals surface area contributed by atoms with Crippen molar-refractivity contribution in [3.63, 3.8) is 0 Å². The Bertz CT molecular complexity index is 708. The van der Waals surface area contributed by atoms with E-state index in [1.54, 1.807) is 4.90 Å². The van der Waals surface area contributed by atoms with Gasteiger partial charge in [0.1, 0.15) is 0 Å². The van der Waals surface area contributed by atoms with Crippen LogP contribution in [0.2, 0.25) is 0 Å². The highest BCUT2D eigenvalue weighted by Crippen LogP contribution is 2.28. The number of aryl methyl sites for hydroxylation is 1. The maximum Gasteiger partial charge on any atom is 0.317 e. The fraction of sp³-hybridized carbons (Fsp3) is 0.381. The van der Waals surface area contributed by atoms with E-state index in [0.29, 0.717) is 19.8 Å². The fourth-order valence-corrected chi connectivity index (χ4v) is 3.18. The number of nitrogens with one attached hydrogen (secondary N) is 1. The summed E-state index contributed by atoms with van der Waals surface area (Å²) in [6.07, 6.45) is 0. The van der Waals surface area contributed by atoms with E-state index in [4.69, 9.17) is 4.74 Å². The lowest BCUT2D eigenvalue weighted by molar-refractivity contribution is -0.108. The van der Waals surface area contributed by atoms with Crippen molar-refractivity contribution in [2.45, 2.75) is 19.9 Å². The third kappa shape index (κ3) is 4.20. The molecule has 0 saturated carbocycles. The van der Waals surface area contributed by atoms with E-state index in [1.165, 1.54) is 5.56 Å². The Labute approximate surface area is 149 Å². The molecule has 1 atom stereocenters. The second-order valence-electron chi connectivity index (χ2n) is 7.36. The zero-order valence-electron chi connectivity index (χ0n) is 15.2. The molecular weight excluding hydrogens is 312 g/mol. The van der Waals surface area contributed by atoms with Crippen LogP contribution in [0.15, 0.2) is 54.6 Å². The molecule has 0 radical (unpaired) electrons. The maximum atomic E-state index is 12.8. The molecule has 2 aromatic carbocycles. The summed E-state index contributed by atoms with van der Waals surface area (Å²) in [5, 5.41) is 3.19. The predicted octanol–water partition coefficient (Wildman–Crippen LogP) is 3.76. The first-order chi connectivity index (χ1) is 12.0. The Hall–Kier alpha value is -2.33. The van der Waals surface area contributed by atoms with Crippen LogP contribution in [-0.2, 0) is 4.74 Å². The summed E-state index contributed by atoms with van der Waals surface area (Å²) in [5.41, 5.74) is 3.43. The monoisotopic (exact) mass is 338 g/mol. The third-order valence-electron chi connectivity index (χ3n) is 4.68. The smallest absolute Gasteiger partial charge is 0.317 e. The highest BCUT2D eigenvalue weighted by Gasteiger charge is 2.35. The van der Waals surface area contributed by atoms with Crippen LogP contribution in [0, 0.1) is 12.3 Å². The Kier molecular flexibility index (Phi) is 5.09. The van der Waals surface area contributed by atoms with Gasteiger partial charge in [-0.3, -0.25) is 0 Å². The average molecular weight is 338 g/mol. The topological polar surface area (TPSA) is 41.6 Å². The summed E-state index contributed by atoms with van der Waals surface area (Å²) in [6, 6.07) is 18.2. The summed E-state index contributed by atoms with van der Waals surface area (Å²) in [7, 11) is 1.84. The molecule has 2 amide bonds. The van der Waals surface area contributed by atoms with Gasteiger partial charge in [-0.1, -0.05) is 67.1 Å². The first kappa shape index (κ1) is 17.5. The van der Waals surface area contributed by atoms with Crippen molar-refractivity contribution in [1.82, 2.24) is 10.2 Å². The van der Waals surface area contributed by atoms with Crippen LogP contribution >= 0.6 is 0 Å². The summed E-state index contributed by atoms with van der Waals surface area (Å²) in [4.78, 5) is 14.5. The highest BCUT2D eigenvalue weighted by molar-refractivity contribution is 5.75. The number of ether oxygens (including phenoxy) is 1. The van der Waals surface area contributed by atoms with Gasteiger partial charge in [-0.05, 0) is 18.1 Å².